The van der Waals surface area contributed by atoms with Crippen LogP contribution in [0.25, 0.3) is 0 Å². The number of carbonyl (C=O) groups excluding carboxylic acids is 3. The summed E-state index contributed by atoms with van der Waals surface area (Å²) in [5.41, 5.74) is -0.446. The fraction of sp³-hybridized carbons (Fsp3) is 0.550. The number of amides is 3. The largest absolute Gasteiger partial charge is 0.490 e. The van der Waals surface area contributed by atoms with Crippen LogP contribution in [0.5, 0.6) is 11.5 Å². The molecule has 0 unspecified atom stereocenters. The van der Waals surface area contributed by atoms with Crippen molar-refractivity contribution in [3.63, 3.8) is 0 Å². The summed E-state index contributed by atoms with van der Waals surface area (Å²) in [6.07, 6.45) is 4.27. The van der Waals surface area contributed by atoms with Gasteiger partial charge >= 0.3 is 6.03 Å². The van der Waals surface area contributed by atoms with Crippen molar-refractivity contribution in [2.75, 3.05) is 19.8 Å². The first-order valence-corrected chi connectivity index (χ1v) is 9.58. The number of carbonyl (C=O) groups is 3. The number of ether oxygens (including phenoxy) is 2. The van der Waals surface area contributed by atoms with Gasteiger partial charge < -0.3 is 14.8 Å². The third-order valence-corrected chi connectivity index (χ3v) is 5.87. The minimum absolute atomic E-state index is 0.0702. The van der Waals surface area contributed by atoms with Gasteiger partial charge in [-0.05, 0) is 37.0 Å². The number of hydrogen-bond donors (Lipinski definition) is 1. The van der Waals surface area contributed by atoms with Crippen LogP contribution in [-0.2, 0) is 4.79 Å². The molecule has 1 aromatic carbocycles. The summed E-state index contributed by atoms with van der Waals surface area (Å²) < 4.78 is 11.2. The van der Waals surface area contributed by atoms with Crippen LogP contribution in [-0.4, -0.2) is 47.9 Å². The number of nitrogens with zero attached hydrogens (tertiary/aromatic N) is 1. The van der Waals surface area contributed by atoms with Crippen molar-refractivity contribution in [1.29, 1.82) is 0 Å². The van der Waals surface area contributed by atoms with E-state index in [0.717, 1.165) is 30.6 Å². The van der Waals surface area contributed by atoms with Gasteiger partial charge in [0.05, 0.1) is 19.8 Å². The first-order chi connectivity index (χ1) is 13.0. The van der Waals surface area contributed by atoms with Gasteiger partial charge in [0.2, 0.25) is 0 Å². The fourth-order valence-electron chi connectivity index (χ4n) is 4.21. The number of rotatable bonds is 3. The highest BCUT2D eigenvalue weighted by Crippen LogP contribution is 2.38. The SMILES string of the molecule is C[C@H]1CCCC[C@@]12NC(=O)N(CC(=O)c1ccc3c(c1)OCCCO3)C2=O. The molecule has 27 heavy (non-hydrogen) atoms. The van der Waals surface area contributed by atoms with Crippen LogP contribution >= 0.6 is 0 Å². The van der Waals surface area contributed by atoms with Gasteiger partial charge in [-0.15, -0.1) is 0 Å². The number of urea groups is 1. The average Bonchev–Trinajstić information content (AvgIpc) is 2.83. The minimum Gasteiger partial charge on any atom is -0.490 e. The van der Waals surface area contributed by atoms with Crippen LogP contribution < -0.4 is 14.8 Å². The van der Waals surface area contributed by atoms with E-state index in [-0.39, 0.29) is 24.2 Å². The molecule has 2 atom stereocenters. The zero-order valence-corrected chi connectivity index (χ0v) is 15.5. The van der Waals surface area contributed by atoms with E-state index in [1.54, 1.807) is 18.2 Å². The molecule has 7 nitrogen and oxygen atoms in total. The number of ketones is 1. The molecule has 0 bridgehead atoms. The summed E-state index contributed by atoms with van der Waals surface area (Å²) in [6, 6.07) is 4.49. The Morgan fingerprint density at radius 2 is 1.96 bits per heavy atom. The maximum absolute atomic E-state index is 13.0. The highest BCUT2D eigenvalue weighted by Gasteiger charge is 2.55. The van der Waals surface area contributed by atoms with Crippen LogP contribution in [0.15, 0.2) is 18.2 Å². The van der Waals surface area contributed by atoms with E-state index in [2.05, 4.69) is 5.32 Å². The van der Waals surface area contributed by atoms with Crippen LogP contribution in [0.1, 0.15) is 49.4 Å². The van der Waals surface area contributed by atoms with E-state index in [4.69, 9.17) is 9.47 Å². The standard InChI is InChI=1S/C20H24N2O5/c1-13-5-2-3-8-20(13)18(24)22(19(25)21-20)12-15(23)14-6-7-16-17(11-14)27-10-4-9-26-16/h6-7,11,13H,2-5,8-10,12H2,1H3,(H,21,25)/t13-,20+/m0/s1. The summed E-state index contributed by atoms with van der Waals surface area (Å²) >= 11 is 0. The highest BCUT2D eigenvalue weighted by atomic mass is 16.5. The molecular formula is C20H24N2O5. The van der Waals surface area contributed by atoms with Gasteiger partial charge in [0.1, 0.15) is 5.54 Å². The topological polar surface area (TPSA) is 84.9 Å². The lowest BCUT2D eigenvalue weighted by Gasteiger charge is -2.36. The average molecular weight is 372 g/mol. The summed E-state index contributed by atoms with van der Waals surface area (Å²) in [6.45, 7) is 2.83. The first-order valence-electron chi connectivity index (χ1n) is 9.58. The summed E-state index contributed by atoms with van der Waals surface area (Å²) in [5, 5.41) is 2.87. The Hall–Kier alpha value is -2.57. The van der Waals surface area contributed by atoms with E-state index >= 15 is 0 Å². The Kier molecular flexibility index (Phi) is 4.53. The van der Waals surface area contributed by atoms with Gasteiger partial charge in [0.15, 0.2) is 17.3 Å². The Balaban J connectivity index is 1.52. The van der Waals surface area contributed by atoms with Crippen LogP contribution in [0, 0.1) is 5.92 Å². The quantitative estimate of drug-likeness (QED) is 0.651. The van der Waals surface area contributed by atoms with Crippen molar-refractivity contribution in [1.82, 2.24) is 10.2 Å². The van der Waals surface area contributed by atoms with Gasteiger partial charge in [-0.25, -0.2) is 4.79 Å². The molecule has 3 aliphatic rings. The van der Waals surface area contributed by atoms with Gasteiger partial charge in [0.25, 0.3) is 5.91 Å². The first kappa shape index (κ1) is 17.8. The lowest BCUT2D eigenvalue weighted by atomic mass is 9.73. The minimum atomic E-state index is -0.847. The molecule has 1 saturated carbocycles. The van der Waals surface area contributed by atoms with Crippen molar-refractivity contribution in [2.45, 2.75) is 44.6 Å². The molecule has 1 N–H and O–H groups in total. The van der Waals surface area contributed by atoms with Crippen molar-refractivity contribution in [2.24, 2.45) is 5.92 Å². The molecule has 2 aliphatic heterocycles. The number of hydrogen-bond acceptors (Lipinski definition) is 5. The number of nitrogens with one attached hydrogen (secondary N) is 1. The molecule has 1 saturated heterocycles. The Morgan fingerprint density at radius 3 is 2.74 bits per heavy atom. The Bertz CT molecular complexity index is 793. The second-order valence-corrected chi connectivity index (χ2v) is 7.57. The molecule has 144 valence electrons. The van der Waals surface area contributed by atoms with E-state index in [9.17, 15) is 14.4 Å². The maximum Gasteiger partial charge on any atom is 0.325 e. The van der Waals surface area contributed by atoms with Gasteiger partial charge in [-0.3, -0.25) is 14.5 Å². The van der Waals surface area contributed by atoms with Crippen molar-refractivity contribution in [3.05, 3.63) is 23.8 Å². The molecule has 7 heteroatoms. The normalized spacial score (nSPS) is 27.4. The smallest absolute Gasteiger partial charge is 0.325 e. The molecule has 2 heterocycles. The molecule has 2 fully saturated rings. The van der Waals surface area contributed by atoms with Gasteiger partial charge in [0, 0.05) is 12.0 Å². The Labute approximate surface area is 158 Å². The van der Waals surface area contributed by atoms with Crippen molar-refractivity contribution in [3.8, 4) is 11.5 Å². The molecule has 4 rings (SSSR count). The maximum atomic E-state index is 13.0. The second kappa shape index (κ2) is 6.87. The summed E-state index contributed by atoms with van der Waals surface area (Å²) in [5.74, 6) is 0.625. The third kappa shape index (κ3) is 3.05. The molecule has 0 radical (unpaired) electrons. The predicted molar refractivity (Wildman–Crippen MR) is 97.0 cm³/mol. The highest BCUT2D eigenvalue weighted by molar-refractivity contribution is 6.11. The Morgan fingerprint density at radius 1 is 1.19 bits per heavy atom. The molecule has 1 aliphatic carbocycles. The van der Waals surface area contributed by atoms with Crippen molar-refractivity contribution < 1.29 is 23.9 Å². The number of benzene rings is 1. The number of Topliss-reactive ketones (excluding diaryl/α,β-unsaturated/α-hetero) is 1. The van der Waals surface area contributed by atoms with Crippen LogP contribution in [0.2, 0.25) is 0 Å². The van der Waals surface area contributed by atoms with E-state index in [1.807, 2.05) is 6.92 Å². The fourth-order valence-corrected chi connectivity index (χ4v) is 4.21. The zero-order chi connectivity index (χ0) is 19.0. The van der Waals surface area contributed by atoms with E-state index < -0.39 is 11.6 Å². The number of imide groups is 1. The van der Waals surface area contributed by atoms with E-state index in [1.165, 1.54) is 0 Å². The lowest BCUT2D eigenvalue weighted by molar-refractivity contribution is -0.133. The van der Waals surface area contributed by atoms with Gasteiger partial charge in [-0.2, -0.15) is 0 Å². The second-order valence-electron chi connectivity index (χ2n) is 7.57. The zero-order valence-electron chi connectivity index (χ0n) is 15.5. The van der Waals surface area contributed by atoms with Crippen LogP contribution in [0.4, 0.5) is 4.79 Å². The number of fused-ring (bicyclic) bond motifs is 1. The third-order valence-electron chi connectivity index (χ3n) is 5.87. The monoisotopic (exact) mass is 372 g/mol. The van der Waals surface area contributed by atoms with Crippen molar-refractivity contribution >= 4 is 17.7 Å². The summed E-state index contributed by atoms with van der Waals surface area (Å²) in [4.78, 5) is 39.2. The summed E-state index contributed by atoms with van der Waals surface area (Å²) in [7, 11) is 0. The van der Waals surface area contributed by atoms with Crippen LogP contribution in [0.3, 0.4) is 0 Å². The predicted octanol–water partition coefficient (Wildman–Crippen LogP) is 2.53. The molecule has 1 spiro atoms. The lowest BCUT2D eigenvalue weighted by Crippen LogP contribution is -2.54. The molecule has 3 amide bonds. The molecule has 0 aromatic heterocycles. The molecule has 1 aromatic rings. The molecular weight excluding hydrogens is 348 g/mol. The van der Waals surface area contributed by atoms with E-state index in [0.29, 0.717) is 36.7 Å². The van der Waals surface area contributed by atoms with Gasteiger partial charge in [-0.1, -0.05) is 19.8 Å².